The Balaban J connectivity index is 0.00000151. The van der Waals surface area contributed by atoms with Crippen LogP contribution in [0.1, 0.15) is 49.7 Å². The van der Waals surface area contributed by atoms with Crippen molar-refractivity contribution in [3.05, 3.63) is 84.8 Å². The highest BCUT2D eigenvalue weighted by molar-refractivity contribution is 5.93. The first kappa shape index (κ1) is 20.2. The van der Waals surface area contributed by atoms with Crippen molar-refractivity contribution < 1.29 is 9.21 Å². The van der Waals surface area contributed by atoms with Gasteiger partial charge < -0.3 is 9.73 Å². The van der Waals surface area contributed by atoms with Crippen molar-refractivity contribution in [1.29, 1.82) is 0 Å². The van der Waals surface area contributed by atoms with Crippen molar-refractivity contribution in [2.45, 2.75) is 33.6 Å². The maximum atomic E-state index is 12.1. The van der Waals surface area contributed by atoms with Gasteiger partial charge in [0.1, 0.15) is 5.76 Å². The number of hydrogen-bond donors (Lipinski definition) is 1. The van der Waals surface area contributed by atoms with Gasteiger partial charge in [0.15, 0.2) is 5.76 Å². The van der Waals surface area contributed by atoms with Crippen LogP contribution in [0.25, 0.3) is 11.3 Å². The van der Waals surface area contributed by atoms with Crippen molar-refractivity contribution in [2.75, 3.05) is 0 Å². The summed E-state index contributed by atoms with van der Waals surface area (Å²) in [6, 6.07) is 11.6. The molecule has 132 valence electrons. The molecule has 0 unspecified atom stereocenters. The van der Waals surface area contributed by atoms with Crippen molar-refractivity contribution in [1.82, 2.24) is 5.32 Å². The van der Waals surface area contributed by atoms with Crippen molar-refractivity contribution in [3.63, 3.8) is 0 Å². The Morgan fingerprint density at radius 2 is 1.72 bits per heavy atom. The highest BCUT2D eigenvalue weighted by atomic mass is 16.3. The van der Waals surface area contributed by atoms with Gasteiger partial charge >= 0.3 is 0 Å². The topological polar surface area (TPSA) is 42.2 Å². The minimum atomic E-state index is -0.317. The molecule has 1 aromatic carbocycles. The maximum absolute atomic E-state index is 12.1. The highest BCUT2D eigenvalue weighted by Gasteiger charge is 2.12. The minimum absolute atomic E-state index is 0.254. The van der Waals surface area contributed by atoms with Gasteiger partial charge in [-0.2, -0.15) is 0 Å². The molecule has 0 spiro atoms. The molecule has 3 heteroatoms. The van der Waals surface area contributed by atoms with Gasteiger partial charge in [0.2, 0.25) is 0 Å². The predicted molar refractivity (Wildman–Crippen MR) is 106 cm³/mol. The van der Waals surface area contributed by atoms with Gasteiger partial charge in [-0.15, -0.1) is 0 Å². The summed E-state index contributed by atoms with van der Waals surface area (Å²) < 4.78 is 5.66. The summed E-state index contributed by atoms with van der Waals surface area (Å²) >= 11 is 0. The van der Waals surface area contributed by atoms with E-state index in [1.165, 1.54) is 5.56 Å². The van der Waals surface area contributed by atoms with Crippen LogP contribution in [0.15, 0.2) is 77.9 Å². The lowest BCUT2D eigenvalue weighted by atomic mass is 10.0. The van der Waals surface area contributed by atoms with Gasteiger partial charge in [0, 0.05) is 11.3 Å². The molecule has 1 amide bonds. The summed E-state index contributed by atoms with van der Waals surface area (Å²) in [5.41, 5.74) is 2.78. The fraction of sp³-hybridized carbons (Fsp3) is 0.227. The molecule has 0 aliphatic rings. The Hall–Kier alpha value is -2.81. The molecule has 1 heterocycles. The van der Waals surface area contributed by atoms with Crippen molar-refractivity contribution in [2.24, 2.45) is 0 Å². The van der Waals surface area contributed by atoms with Gasteiger partial charge in [-0.3, -0.25) is 4.79 Å². The second-order valence-electron chi connectivity index (χ2n) is 5.46. The monoisotopic (exact) mass is 337 g/mol. The lowest BCUT2D eigenvalue weighted by Gasteiger charge is -2.05. The Morgan fingerprint density at radius 1 is 1.08 bits per heavy atom. The van der Waals surface area contributed by atoms with Gasteiger partial charge in [-0.25, -0.2) is 0 Å². The summed E-state index contributed by atoms with van der Waals surface area (Å²) in [7, 11) is 0. The molecular formula is C22H27NO2. The van der Waals surface area contributed by atoms with E-state index in [0.29, 0.717) is 17.4 Å². The second kappa shape index (κ2) is 10.1. The SMILES string of the molecule is C=C/C=C(\C=C)NC(=O)c1ccc(-c2ccc(C(C)C)cc2)o1.CC. The first-order valence-corrected chi connectivity index (χ1v) is 8.51. The summed E-state index contributed by atoms with van der Waals surface area (Å²) in [4.78, 5) is 12.1. The smallest absolute Gasteiger partial charge is 0.291 e. The van der Waals surface area contributed by atoms with Crippen LogP contribution in [0.3, 0.4) is 0 Å². The Morgan fingerprint density at radius 3 is 2.24 bits per heavy atom. The number of hydrogen-bond acceptors (Lipinski definition) is 2. The summed E-state index contributed by atoms with van der Waals surface area (Å²) in [6.07, 6.45) is 4.80. The number of carbonyl (C=O) groups is 1. The van der Waals surface area contributed by atoms with E-state index in [2.05, 4.69) is 44.5 Å². The van der Waals surface area contributed by atoms with Crippen LogP contribution in [-0.4, -0.2) is 5.91 Å². The van der Waals surface area contributed by atoms with E-state index in [-0.39, 0.29) is 11.7 Å². The van der Waals surface area contributed by atoms with Crippen molar-refractivity contribution >= 4 is 5.91 Å². The highest BCUT2D eigenvalue weighted by Crippen LogP contribution is 2.24. The zero-order valence-corrected chi connectivity index (χ0v) is 15.5. The van der Waals surface area contributed by atoms with Gasteiger partial charge in [-0.1, -0.05) is 71.2 Å². The molecule has 2 rings (SSSR count). The van der Waals surface area contributed by atoms with E-state index in [9.17, 15) is 4.79 Å². The fourth-order valence-electron chi connectivity index (χ4n) is 2.13. The van der Waals surface area contributed by atoms with E-state index in [4.69, 9.17) is 4.42 Å². The van der Waals surface area contributed by atoms with Crippen LogP contribution in [0.2, 0.25) is 0 Å². The normalized spacial score (nSPS) is 10.7. The van der Waals surface area contributed by atoms with Gasteiger partial charge in [-0.05, 0) is 35.8 Å². The van der Waals surface area contributed by atoms with Crippen molar-refractivity contribution in [3.8, 4) is 11.3 Å². The molecule has 0 aliphatic heterocycles. The first-order chi connectivity index (χ1) is 12.0. The quantitative estimate of drug-likeness (QED) is 0.649. The van der Waals surface area contributed by atoms with Crippen LogP contribution in [0, 0.1) is 0 Å². The predicted octanol–water partition coefficient (Wildman–Crippen LogP) is 6.08. The molecule has 0 aliphatic carbocycles. The molecule has 1 N–H and O–H groups in total. The lowest BCUT2D eigenvalue weighted by molar-refractivity contribution is 0.0940. The number of benzene rings is 1. The van der Waals surface area contributed by atoms with Gasteiger partial charge in [0.25, 0.3) is 5.91 Å². The zero-order chi connectivity index (χ0) is 18.8. The molecule has 0 saturated carbocycles. The average Bonchev–Trinajstić information content (AvgIpc) is 3.13. The van der Waals surface area contributed by atoms with E-state index >= 15 is 0 Å². The largest absolute Gasteiger partial charge is 0.451 e. The number of furan rings is 1. The molecule has 0 saturated heterocycles. The molecule has 0 fully saturated rings. The third-order valence-electron chi connectivity index (χ3n) is 3.47. The molecule has 0 radical (unpaired) electrons. The molecule has 25 heavy (non-hydrogen) atoms. The zero-order valence-electron chi connectivity index (χ0n) is 15.5. The number of nitrogens with one attached hydrogen (secondary N) is 1. The fourth-order valence-corrected chi connectivity index (χ4v) is 2.13. The standard InChI is InChI=1S/C20H21NO2.C2H6/c1-5-7-17(6-2)21-20(22)19-13-12-18(23-19)16-10-8-15(9-11-16)14(3)4;1-2/h5-14H,1-2H2,3-4H3,(H,21,22);1-2H3/b17-7+;. The maximum Gasteiger partial charge on any atom is 0.291 e. The Labute approximate surface area is 150 Å². The Kier molecular flexibility index (Phi) is 8.21. The molecule has 2 aromatic rings. The average molecular weight is 337 g/mol. The van der Waals surface area contributed by atoms with Gasteiger partial charge in [0.05, 0.1) is 0 Å². The first-order valence-electron chi connectivity index (χ1n) is 8.51. The van der Waals surface area contributed by atoms with Crippen LogP contribution in [-0.2, 0) is 0 Å². The van der Waals surface area contributed by atoms with E-state index in [0.717, 1.165) is 5.56 Å². The van der Waals surface area contributed by atoms with E-state index in [1.807, 2.05) is 26.0 Å². The molecule has 0 atom stereocenters. The number of carbonyl (C=O) groups excluding carboxylic acids is 1. The van der Waals surface area contributed by atoms with Crippen LogP contribution < -0.4 is 5.32 Å². The molecule has 1 aromatic heterocycles. The Bertz CT molecular complexity index is 734. The number of allylic oxidation sites excluding steroid dienone is 3. The summed E-state index contributed by atoms with van der Waals surface area (Å²) in [5, 5.41) is 2.71. The summed E-state index contributed by atoms with van der Waals surface area (Å²) in [6.45, 7) is 15.5. The van der Waals surface area contributed by atoms with E-state index < -0.39 is 0 Å². The number of rotatable bonds is 6. The number of amides is 1. The molecule has 0 bridgehead atoms. The second-order valence-corrected chi connectivity index (χ2v) is 5.46. The lowest BCUT2D eigenvalue weighted by Crippen LogP contribution is -2.21. The van der Waals surface area contributed by atoms with Crippen LogP contribution in [0.4, 0.5) is 0 Å². The van der Waals surface area contributed by atoms with E-state index in [1.54, 1.807) is 30.4 Å². The van der Waals surface area contributed by atoms with Crippen LogP contribution >= 0.6 is 0 Å². The molecule has 3 nitrogen and oxygen atoms in total. The molecular weight excluding hydrogens is 310 g/mol. The third-order valence-corrected chi connectivity index (χ3v) is 3.47. The van der Waals surface area contributed by atoms with Crippen LogP contribution in [0.5, 0.6) is 0 Å². The summed E-state index contributed by atoms with van der Waals surface area (Å²) in [5.74, 6) is 1.09. The minimum Gasteiger partial charge on any atom is -0.451 e. The third kappa shape index (κ3) is 5.64.